The molecule has 0 spiro atoms. The van der Waals surface area contributed by atoms with Crippen LogP contribution in [0.2, 0.25) is 0 Å². The van der Waals surface area contributed by atoms with Crippen LogP contribution in [-0.4, -0.2) is 40.1 Å². The van der Waals surface area contributed by atoms with E-state index < -0.39 is 0 Å². The second-order valence-electron chi connectivity index (χ2n) is 7.39. The van der Waals surface area contributed by atoms with Crippen LogP contribution >= 0.6 is 0 Å². The summed E-state index contributed by atoms with van der Waals surface area (Å²) in [6.45, 7) is 11.8. The number of aryl methyl sites for hydroxylation is 2. The smallest absolute Gasteiger partial charge is 0.238 e. The van der Waals surface area contributed by atoms with Gasteiger partial charge in [0.1, 0.15) is 12.1 Å². The van der Waals surface area contributed by atoms with Crippen LogP contribution in [0.3, 0.4) is 0 Å². The van der Waals surface area contributed by atoms with Crippen molar-refractivity contribution in [2.24, 2.45) is 5.92 Å². The predicted molar refractivity (Wildman–Crippen MR) is 100.0 cm³/mol. The van der Waals surface area contributed by atoms with Gasteiger partial charge in [-0.05, 0) is 44.2 Å². The second-order valence-corrected chi connectivity index (χ2v) is 7.39. The molecule has 1 fully saturated rings. The van der Waals surface area contributed by atoms with Crippen LogP contribution in [0.1, 0.15) is 44.4 Å². The Morgan fingerprint density at radius 3 is 2.76 bits per heavy atom. The minimum atomic E-state index is 0.238. The Morgan fingerprint density at radius 1 is 1.28 bits per heavy atom. The van der Waals surface area contributed by atoms with Crippen molar-refractivity contribution in [3.63, 3.8) is 0 Å². The maximum atomic E-state index is 11.7. The summed E-state index contributed by atoms with van der Waals surface area (Å²) >= 11 is 0. The van der Waals surface area contributed by atoms with Crippen molar-refractivity contribution in [1.82, 2.24) is 14.5 Å². The van der Waals surface area contributed by atoms with Crippen LogP contribution in [0.4, 0.5) is 0 Å². The standard InChI is InChI=1S/C20H29N3O2/c1-14(2)8-11-23-16(4)15(3)17-7-9-21-20(19(17)23)25-13-12-22-10-5-6-18(22)24/h7,9,14H,5-6,8,10-13H2,1-4H3. The van der Waals surface area contributed by atoms with E-state index in [-0.39, 0.29) is 5.91 Å². The summed E-state index contributed by atoms with van der Waals surface area (Å²) in [5.74, 6) is 1.57. The summed E-state index contributed by atoms with van der Waals surface area (Å²) in [6, 6.07) is 2.07. The molecule has 0 bridgehead atoms. The Hall–Kier alpha value is -2.04. The molecule has 0 N–H and O–H groups in total. The normalized spacial score (nSPS) is 14.9. The van der Waals surface area contributed by atoms with Gasteiger partial charge in [0.25, 0.3) is 0 Å². The van der Waals surface area contributed by atoms with Gasteiger partial charge in [0.2, 0.25) is 11.8 Å². The molecule has 3 rings (SSSR count). The third-order valence-corrected chi connectivity index (χ3v) is 5.21. The number of carbonyl (C=O) groups excluding carboxylic acids is 1. The fourth-order valence-corrected chi connectivity index (χ4v) is 3.53. The highest BCUT2D eigenvalue weighted by atomic mass is 16.5. The molecular formula is C20H29N3O2. The number of amides is 1. The number of pyridine rings is 1. The maximum absolute atomic E-state index is 11.7. The molecule has 0 aromatic carbocycles. The number of carbonyl (C=O) groups is 1. The lowest BCUT2D eigenvalue weighted by Gasteiger charge is -2.16. The molecule has 0 atom stereocenters. The predicted octanol–water partition coefficient (Wildman–Crippen LogP) is 3.70. The van der Waals surface area contributed by atoms with Crippen molar-refractivity contribution in [3.8, 4) is 5.88 Å². The van der Waals surface area contributed by atoms with E-state index in [1.165, 1.54) is 16.6 Å². The third kappa shape index (κ3) is 3.65. The highest BCUT2D eigenvalue weighted by Crippen LogP contribution is 2.31. The van der Waals surface area contributed by atoms with Crippen LogP contribution in [0.15, 0.2) is 12.3 Å². The fourth-order valence-electron chi connectivity index (χ4n) is 3.53. The number of hydrogen-bond acceptors (Lipinski definition) is 3. The minimum absolute atomic E-state index is 0.238. The Morgan fingerprint density at radius 2 is 2.08 bits per heavy atom. The van der Waals surface area contributed by atoms with Gasteiger partial charge >= 0.3 is 0 Å². The molecule has 1 aliphatic rings. The average molecular weight is 343 g/mol. The number of ether oxygens (including phenoxy) is 1. The molecule has 0 unspecified atom stereocenters. The van der Waals surface area contributed by atoms with E-state index in [2.05, 4.69) is 43.3 Å². The summed E-state index contributed by atoms with van der Waals surface area (Å²) in [6.07, 6.45) is 4.58. The first-order chi connectivity index (χ1) is 12.0. The third-order valence-electron chi connectivity index (χ3n) is 5.21. The van der Waals surface area contributed by atoms with Crippen LogP contribution in [-0.2, 0) is 11.3 Å². The number of hydrogen-bond donors (Lipinski definition) is 0. The minimum Gasteiger partial charge on any atom is -0.474 e. The zero-order valence-electron chi connectivity index (χ0n) is 15.8. The van der Waals surface area contributed by atoms with Crippen molar-refractivity contribution in [2.75, 3.05) is 19.7 Å². The van der Waals surface area contributed by atoms with Gasteiger partial charge in [-0.25, -0.2) is 4.98 Å². The molecule has 3 heterocycles. The van der Waals surface area contributed by atoms with E-state index in [0.717, 1.165) is 31.4 Å². The van der Waals surface area contributed by atoms with Gasteiger partial charge in [-0.3, -0.25) is 4.79 Å². The van der Waals surface area contributed by atoms with Crippen molar-refractivity contribution < 1.29 is 9.53 Å². The van der Waals surface area contributed by atoms with Crippen molar-refractivity contribution >= 4 is 16.8 Å². The zero-order valence-corrected chi connectivity index (χ0v) is 15.8. The first kappa shape index (κ1) is 17.8. The Kier molecular flexibility index (Phi) is 5.30. The Labute approximate surface area is 150 Å². The summed E-state index contributed by atoms with van der Waals surface area (Å²) in [7, 11) is 0. The molecule has 2 aromatic heterocycles. The molecular weight excluding hydrogens is 314 g/mol. The topological polar surface area (TPSA) is 47.4 Å². The number of aromatic nitrogens is 2. The van der Waals surface area contributed by atoms with Crippen molar-refractivity contribution in [2.45, 2.75) is 53.5 Å². The van der Waals surface area contributed by atoms with Crippen LogP contribution in [0.5, 0.6) is 5.88 Å². The molecule has 25 heavy (non-hydrogen) atoms. The summed E-state index contributed by atoms with van der Waals surface area (Å²) in [5, 5.41) is 1.21. The van der Waals surface area contributed by atoms with E-state index in [1.807, 2.05) is 11.1 Å². The number of rotatable bonds is 7. The highest BCUT2D eigenvalue weighted by molar-refractivity contribution is 5.88. The van der Waals surface area contributed by atoms with Crippen molar-refractivity contribution in [1.29, 1.82) is 0 Å². The lowest BCUT2D eigenvalue weighted by molar-refractivity contribution is -0.128. The van der Waals surface area contributed by atoms with E-state index in [0.29, 0.717) is 31.4 Å². The van der Waals surface area contributed by atoms with E-state index in [1.54, 1.807) is 0 Å². The number of fused-ring (bicyclic) bond motifs is 1. The molecule has 5 heteroatoms. The molecule has 0 saturated carbocycles. The van der Waals surface area contributed by atoms with E-state index in [9.17, 15) is 4.79 Å². The molecule has 2 aromatic rings. The van der Waals surface area contributed by atoms with Gasteiger partial charge in [-0.1, -0.05) is 13.8 Å². The summed E-state index contributed by atoms with van der Waals surface area (Å²) in [4.78, 5) is 18.1. The van der Waals surface area contributed by atoms with Crippen LogP contribution in [0.25, 0.3) is 10.9 Å². The van der Waals surface area contributed by atoms with Gasteiger partial charge in [0, 0.05) is 36.8 Å². The summed E-state index contributed by atoms with van der Waals surface area (Å²) < 4.78 is 8.36. The summed E-state index contributed by atoms with van der Waals surface area (Å²) in [5.41, 5.74) is 3.66. The Balaban J connectivity index is 1.82. The van der Waals surface area contributed by atoms with Crippen LogP contribution < -0.4 is 4.74 Å². The van der Waals surface area contributed by atoms with Gasteiger partial charge in [0.05, 0.1) is 6.54 Å². The number of nitrogens with zero attached hydrogens (tertiary/aromatic N) is 3. The number of likely N-dealkylation sites (tertiary alicyclic amines) is 1. The molecule has 1 aliphatic heterocycles. The first-order valence-corrected chi connectivity index (χ1v) is 9.34. The molecule has 0 aliphatic carbocycles. The second kappa shape index (κ2) is 7.46. The largest absolute Gasteiger partial charge is 0.474 e. The van der Waals surface area contributed by atoms with Crippen LogP contribution in [0, 0.1) is 19.8 Å². The molecule has 136 valence electrons. The van der Waals surface area contributed by atoms with E-state index in [4.69, 9.17) is 4.74 Å². The maximum Gasteiger partial charge on any atom is 0.238 e. The van der Waals surface area contributed by atoms with Gasteiger partial charge in [0.15, 0.2) is 0 Å². The van der Waals surface area contributed by atoms with Gasteiger partial charge in [-0.15, -0.1) is 0 Å². The average Bonchev–Trinajstić information content (AvgIpc) is 3.09. The monoisotopic (exact) mass is 343 g/mol. The molecule has 0 radical (unpaired) electrons. The molecule has 5 nitrogen and oxygen atoms in total. The first-order valence-electron chi connectivity index (χ1n) is 9.34. The van der Waals surface area contributed by atoms with Crippen molar-refractivity contribution in [3.05, 3.63) is 23.5 Å². The van der Waals surface area contributed by atoms with Gasteiger partial charge in [-0.2, -0.15) is 0 Å². The quantitative estimate of drug-likeness (QED) is 0.770. The lowest BCUT2D eigenvalue weighted by atomic mass is 10.1. The lowest BCUT2D eigenvalue weighted by Crippen LogP contribution is -2.29. The van der Waals surface area contributed by atoms with E-state index >= 15 is 0 Å². The highest BCUT2D eigenvalue weighted by Gasteiger charge is 2.20. The Bertz CT molecular complexity index is 764. The molecule has 1 amide bonds. The zero-order chi connectivity index (χ0) is 18.0. The fraction of sp³-hybridized carbons (Fsp3) is 0.600. The molecule has 1 saturated heterocycles. The SMILES string of the molecule is Cc1c(C)n(CCC(C)C)c2c(OCCN3CCCC3=O)nccc12. The van der Waals surface area contributed by atoms with Gasteiger partial charge < -0.3 is 14.2 Å².